The number of carboxylic acids is 4. The Morgan fingerprint density at radius 3 is 1.40 bits per heavy atom. The number of carboxylic acid groups (broad SMARTS) is 4. The van der Waals surface area contributed by atoms with E-state index in [2.05, 4.69) is 16.0 Å². The molecule has 17 heteroatoms. The zero-order chi connectivity index (χ0) is 37.7. The van der Waals surface area contributed by atoms with Gasteiger partial charge in [0.05, 0.1) is 11.8 Å². The van der Waals surface area contributed by atoms with Gasteiger partial charge < -0.3 is 41.2 Å². The van der Waals surface area contributed by atoms with Crippen LogP contribution >= 0.6 is 0 Å². The quantitative estimate of drug-likeness (QED) is 0.0568. The van der Waals surface area contributed by atoms with Crippen molar-refractivity contribution in [2.75, 3.05) is 6.54 Å². The lowest BCUT2D eigenvalue weighted by Gasteiger charge is -2.17. The van der Waals surface area contributed by atoms with Crippen molar-refractivity contribution < 1.29 is 68.4 Å². The molecule has 0 aliphatic carbocycles. The summed E-state index contributed by atoms with van der Waals surface area (Å²) in [6, 6.07) is -2.95. The Bertz CT molecular complexity index is 1220. The van der Waals surface area contributed by atoms with Crippen molar-refractivity contribution in [3.05, 3.63) is 0 Å². The molecule has 0 unspecified atom stereocenters. The Hall–Kier alpha value is -4.70. The number of nitrogens with one attached hydrogen (secondary N) is 3. The Labute approximate surface area is 291 Å². The standard InChI is InChI=1S/C32H49N3O14.CH4/c1-18(20(3)37)6-4-5-15-33-26(39)14-11-25(32(48)49)35-28(41)13-8-22(30(44)45)17-23(38)9-10-24(31(46)47)34-27(40)12-7-21(29(42)43)16-19(2)36;/h18,21-22,24-25H,4-17H2,1-3H3,(H,33,39)(H,34,40)(H,35,41)(H,42,43)(H,44,45)(H,46,47)(H,48,49);1H4/t18-,21+,22+,24-,25-;/m0./s1. The van der Waals surface area contributed by atoms with Crippen LogP contribution in [-0.2, 0) is 47.9 Å². The van der Waals surface area contributed by atoms with Gasteiger partial charge >= 0.3 is 23.9 Å². The molecule has 0 radical (unpaired) electrons. The predicted molar refractivity (Wildman–Crippen MR) is 177 cm³/mol. The monoisotopic (exact) mass is 715 g/mol. The summed E-state index contributed by atoms with van der Waals surface area (Å²) in [5.41, 5.74) is 0. The first-order valence-corrected chi connectivity index (χ1v) is 16.1. The Morgan fingerprint density at radius 2 is 0.980 bits per heavy atom. The van der Waals surface area contributed by atoms with E-state index < -0.39 is 103 Å². The summed E-state index contributed by atoms with van der Waals surface area (Å²) in [5, 5.41) is 44.6. The van der Waals surface area contributed by atoms with Gasteiger partial charge in [-0.1, -0.05) is 20.8 Å². The van der Waals surface area contributed by atoms with Gasteiger partial charge in [-0.25, -0.2) is 9.59 Å². The summed E-state index contributed by atoms with van der Waals surface area (Å²) >= 11 is 0. The van der Waals surface area contributed by atoms with Gasteiger partial charge in [0.2, 0.25) is 17.7 Å². The largest absolute Gasteiger partial charge is 0.481 e. The fourth-order valence-corrected chi connectivity index (χ4v) is 4.68. The Kier molecular flexibility index (Phi) is 24.0. The SMILES string of the molecule is C.CC(=O)C[C@@H](CCC(=O)N[C@@H](CCC(=O)C[C@@H](CCC(=O)N[C@@H](CCC(=O)NCCCC[C@H](C)C(C)=O)C(=O)O)C(=O)O)C(=O)O)C(=O)O. The van der Waals surface area contributed by atoms with E-state index >= 15 is 0 Å². The zero-order valence-electron chi connectivity index (χ0n) is 28.2. The van der Waals surface area contributed by atoms with Crippen molar-refractivity contribution in [2.45, 2.75) is 124 Å². The molecular formula is C33H53N3O14. The fraction of sp³-hybridized carbons (Fsp3) is 0.697. The van der Waals surface area contributed by atoms with Gasteiger partial charge in [-0.05, 0) is 52.4 Å². The third-order valence-corrected chi connectivity index (χ3v) is 7.86. The molecule has 3 amide bonds. The molecule has 0 aromatic rings. The third-order valence-electron chi connectivity index (χ3n) is 7.86. The van der Waals surface area contributed by atoms with Gasteiger partial charge in [0.25, 0.3) is 0 Å². The normalized spacial score (nSPS) is 13.6. The summed E-state index contributed by atoms with van der Waals surface area (Å²) in [6.45, 7) is 4.87. The maximum absolute atomic E-state index is 12.5. The summed E-state index contributed by atoms with van der Waals surface area (Å²) in [7, 11) is 0. The molecule has 0 spiro atoms. The van der Waals surface area contributed by atoms with Gasteiger partial charge in [0.15, 0.2) is 0 Å². The zero-order valence-corrected chi connectivity index (χ0v) is 28.2. The first-order valence-electron chi connectivity index (χ1n) is 16.1. The highest BCUT2D eigenvalue weighted by atomic mass is 16.4. The van der Waals surface area contributed by atoms with Gasteiger partial charge in [-0.15, -0.1) is 0 Å². The molecule has 0 rings (SSSR count). The van der Waals surface area contributed by atoms with Crippen LogP contribution in [-0.4, -0.2) is 98.0 Å². The number of carbonyl (C=O) groups excluding carboxylic acids is 6. The van der Waals surface area contributed by atoms with Crippen LogP contribution in [0.2, 0.25) is 0 Å². The minimum Gasteiger partial charge on any atom is -0.481 e. The minimum absolute atomic E-state index is 0. The molecule has 0 aliphatic heterocycles. The number of aliphatic carboxylic acids is 4. The first kappa shape index (κ1) is 47.4. The number of amides is 3. The van der Waals surface area contributed by atoms with Crippen LogP contribution in [0.25, 0.3) is 0 Å². The van der Waals surface area contributed by atoms with Crippen molar-refractivity contribution in [3.63, 3.8) is 0 Å². The predicted octanol–water partition coefficient (Wildman–Crippen LogP) is 1.73. The van der Waals surface area contributed by atoms with Crippen molar-refractivity contribution in [1.82, 2.24) is 16.0 Å². The number of unbranched alkanes of at least 4 members (excludes halogenated alkanes) is 1. The molecule has 284 valence electrons. The number of Topliss-reactive ketones (excluding diaryl/α,β-unsaturated/α-hetero) is 3. The van der Waals surface area contributed by atoms with Gasteiger partial charge in [0, 0.05) is 51.0 Å². The van der Waals surface area contributed by atoms with Crippen LogP contribution in [0.4, 0.5) is 0 Å². The molecular weight excluding hydrogens is 662 g/mol. The molecule has 50 heavy (non-hydrogen) atoms. The highest BCUT2D eigenvalue weighted by molar-refractivity contribution is 5.88. The molecule has 0 saturated heterocycles. The van der Waals surface area contributed by atoms with Crippen LogP contribution in [0.3, 0.4) is 0 Å². The number of rotatable bonds is 28. The smallest absolute Gasteiger partial charge is 0.326 e. The number of hydrogen-bond donors (Lipinski definition) is 7. The van der Waals surface area contributed by atoms with E-state index in [9.17, 15) is 63.3 Å². The lowest BCUT2D eigenvalue weighted by molar-refractivity contribution is -0.145. The molecule has 0 fully saturated rings. The van der Waals surface area contributed by atoms with Crippen molar-refractivity contribution in [2.24, 2.45) is 17.8 Å². The molecule has 17 nitrogen and oxygen atoms in total. The minimum atomic E-state index is -1.53. The topological polar surface area (TPSA) is 288 Å². The molecule has 0 saturated carbocycles. The third kappa shape index (κ3) is 22.0. The lowest BCUT2D eigenvalue weighted by Crippen LogP contribution is -2.42. The number of ketones is 3. The Morgan fingerprint density at radius 1 is 0.540 bits per heavy atom. The van der Waals surface area contributed by atoms with Crippen LogP contribution < -0.4 is 16.0 Å². The maximum atomic E-state index is 12.5. The van der Waals surface area contributed by atoms with E-state index in [0.717, 1.165) is 6.42 Å². The maximum Gasteiger partial charge on any atom is 0.326 e. The summed E-state index contributed by atoms with van der Waals surface area (Å²) in [5.74, 6) is -11.1. The highest BCUT2D eigenvalue weighted by Gasteiger charge is 2.27. The van der Waals surface area contributed by atoms with Crippen molar-refractivity contribution in [1.29, 1.82) is 0 Å². The fourth-order valence-electron chi connectivity index (χ4n) is 4.68. The average molecular weight is 716 g/mol. The summed E-state index contributed by atoms with van der Waals surface area (Å²) in [6.07, 6.45) is -1.47. The van der Waals surface area contributed by atoms with Gasteiger partial charge in [-0.2, -0.15) is 0 Å². The molecule has 0 aromatic heterocycles. The van der Waals surface area contributed by atoms with E-state index in [4.69, 9.17) is 5.11 Å². The van der Waals surface area contributed by atoms with Crippen LogP contribution in [0, 0.1) is 17.8 Å². The van der Waals surface area contributed by atoms with E-state index in [1.165, 1.54) is 13.8 Å². The summed E-state index contributed by atoms with van der Waals surface area (Å²) in [4.78, 5) is 118. The van der Waals surface area contributed by atoms with Crippen LogP contribution in [0.1, 0.15) is 112 Å². The van der Waals surface area contributed by atoms with Crippen LogP contribution in [0.5, 0.6) is 0 Å². The molecule has 0 aliphatic rings. The molecule has 0 aromatic carbocycles. The van der Waals surface area contributed by atoms with Crippen LogP contribution in [0.15, 0.2) is 0 Å². The Balaban J connectivity index is 0. The van der Waals surface area contributed by atoms with E-state index in [1.54, 1.807) is 0 Å². The van der Waals surface area contributed by atoms with E-state index in [-0.39, 0.29) is 57.7 Å². The molecule has 5 atom stereocenters. The lowest BCUT2D eigenvalue weighted by atomic mass is 9.94. The van der Waals surface area contributed by atoms with E-state index in [0.29, 0.717) is 19.4 Å². The summed E-state index contributed by atoms with van der Waals surface area (Å²) < 4.78 is 0. The van der Waals surface area contributed by atoms with Crippen molar-refractivity contribution in [3.8, 4) is 0 Å². The van der Waals surface area contributed by atoms with Gasteiger partial charge in [-0.3, -0.25) is 33.6 Å². The molecule has 7 N–H and O–H groups in total. The highest BCUT2D eigenvalue weighted by Crippen LogP contribution is 2.16. The second-order valence-electron chi connectivity index (χ2n) is 12.1. The molecule has 0 heterocycles. The number of hydrogen-bond acceptors (Lipinski definition) is 10. The molecule has 0 bridgehead atoms. The number of carbonyl (C=O) groups is 10. The first-order chi connectivity index (χ1) is 22.8. The van der Waals surface area contributed by atoms with E-state index in [1.807, 2.05) is 6.92 Å². The van der Waals surface area contributed by atoms with Crippen molar-refractivity contribution >= 4 is 58.9 Å². The van der Waals surface area contributed by atoms with Gasteiger partial charge in [0.1, 0.15) is 29.4 Å². The average Bonchev–Trinajstić information content (AvgIpc) is 3.00. The second-order valence-corrected chi connectivity index (χ2v) is 12.1. The second kappa shape index (κ2) is 25.3.